The van der Waals surface area contributed by atoms with Crippen LogP contribution >= 0.6 is 0 Å². The van der Waals surface area contributed by atoms with Gasteiger partial charge in [-0.25, -0.2) is 0 Å². The molecule has 0 amide bonds. The molecule has 0 atom stereocenters. The molecular weight excluding hydrogens is 258 g/mol. The van der Waals surface area contributed by atoms with Crippen LogP contribution < -0.4 is 5.73 Å². The van der Waals surface area contributed by atoms with Gasteiger partial charge in [0.05, 0.1) is 13.2 Å². The lowest BCUT2D eigenvalue weighted by Crippen LogP contribution is -2.44. The maximum atomic E-state index is 5.95. The van der Waals surface area contributed by atoms with Gasteiger partial charge in [0, 0.05) is 46.1 Å². The summed E-state index contributed by atoms with van der Waals surface area (Å²) in [5.74, 6) is 1.31. The Morgan fingerprint density at radius 2 is 1.85 bits per heavy atom. The van der Waals surface area contributed by atoms with E-state index in [9.17, 15) is 0 Å². The van der Waals surface area contributed by atoms with Crippen LogP contribution in [0.1, 0.15) is 19.3 Å². The zero-order chi connectivity index (χ0) is 14.0. The number of nitrogens with zero attached hydrogens (tertiary/aromatic N) is 2. The highest BCUT2D eigenvalue weighted by Crippen LogP contribution is 2.14. The van der Waals surface area contributed by atoms with E-state index in [4.69, 9.17) is 19.9 Å². The largest absolute Gasteiger partial charge is 0.381 e. The minimum Gasteiger partial charge on any atom is -0.381 e. The maximum absolute atomic E-state index is 5.95. The summed E-state index contributed by atoms with van der Waals surface area (Å²) < 4.78 is 16.3. The number of hydrogen-bond donors (Lipinski definition) is 1. The first kappa shape index (κ1) is 15.5. The molecule has 2 rings (SSSR count). The molecule has 0 radical (unpaired) electrons. The Morgan fingerprint density at radius 3 is 2.60 bits per heavy atom. The number of morpholine rings is 1. The standard InChI is InChI=1S/C14H27N3O3/c15-14(17-5-10-19-11-6-17)16-4-1-7-20-12-13-2-8-18-9-3-13/h13H,1-12H2,(H2,15,16). The van der Waals surface area contributed by atoms with E-state index < -0.39 is 0 Å². The highest BCUT2D eigenvalue weighted by Gasteiger charge is 2.13. The molecule has 2 fully saturated rings. The summed E-state index contributed by atoms with van der Waals surface area (Å²) in [6.45, 7) is 7.28. The molecule has 0 saturated carbocycles. The summed E-state index contributed by atoms with van der Waals surface area (Å²) in [5, 5.41) is 0. The Kier molecular flexibility index (Phi) is 7.11. The predicted octanol–water partition coefficient (Wildman–Crippen LogP) is 0.467. The number of aliphatic imine (C=N–C) groups is 1. The average molecular weight is 285 g/mol. The summed E-state index contributed by atoms with van der Waals surface area (Å²) in [6, 6.07) is 0. The van der Waals surface area contributed by atoms with Gasteiger partial charge in [0.15, 0.2) is 5.96 Å². The van der Waals surface area contributed by atoms with E-state index in [1.807, 2.05) is 0 Å². The van der Waals surface area contributed by atoms with Crippen LogP contribution in [0.25, 0.3) is 0 Å². The van der Waals surface area contributed by atoms with Gasteiger partial charge in [0.25, 0.3) is 0 Å². The summed E-state index contributed by atoms with van der Waals surface area (Å²) >= 11 is 0. The molecule has 0 spiro atoms. The molecule has 0 bridgehead atoms. The van der Waals surface area contributed by atoms with Crippen LogP contribution in [0.4, 0.5) is 0 Å². The van der Waals surface area contributed by atoms with Gasteiger partial charge in [-0.05, 0) is 25.2 Å². The van der Waals surface area contributed by atoms with Gasteiger partial charge in [0.1, 0.15) is 0 Å². The molecule has 2 saturated heterocycles. The predicted molar refractivity (Wildman–Crippen MR) is 77.9 cm³/mol. The molecule has 2 aliphatic heterocycles. The molecule has 0 aliphatic carbocycles. The second-order valence-electron chi connectivity index (χ2n) is 5.32. The summed E-state index contributed by atoms with van der Waals surface area (Å²) in [4.78, 5) is 6.47. The van der Waals surface area contributed by atoms with Crippen LogP contribution in [0.15, 0.2) is 4.99 Å². The Morgan fingerprint density at radius 1 is 1.15 bits per heavy atom. The second-order valence-corrected chi connectivity index (χ2v) is 5.32. The Balaban J connectivity index is 1.49. The lowest BCUT2D eigenvalue weighted by molar-refractivity contribution is 0.0205. The van der Waals surface area contributed by atoms with Crippen LogP contribution in [0.5, 0.6) is 0 Å². The number of rotatable bonds is 6. The van der Waals surface area contributed by atoms with Gasteiger partial charge >= 0.3 is 0 Å². The Bertz CT molecular complexity index is 287. The second kappa shape index (κ2) is 9.15. The van der Waals surface area contributed by atoms with E-state index in [2.05, 4.69) is 9.89 Å². The Labute approximate surface area is 121 Å². The van der Waals surface area contributed by atoms with Crippen molar-refractivity contribution in [2.45, 2.75) is 19.3 Å². The van der Waals surface area contributed by atoms with Crippen molar-refractivity contribution in [3.8, 4) is 0 Å². The smallest absolute Gasteiger partial charge is 0.191 e. The van der Waals surface area contributed by atoms with Gasteiger partial charge < -0.3 is 24.8 Å². The third-order valence-electron chi connectivity index (χ3n) is 3.75. The SMILES string of the molecule is NC(=NCCCOCC1CCOCC1)N1CCOCC1. The minimum atomic E-state index is 0.637. The van der Waals surface area contributed by atoms with E-state index in [0.717, 1.165) is 78.5 Å². The molecule has 2 heterocycles. The zero-order valence-corrected chi connectivity index (χ0v) is 12.3. The summed E-state index contributed by atoms with van der Waals surface area (Å²) in [6.07, 6.45) is 3.18. The van der Waals surface area contributed by atoms with Crippen molar-refractivity contribution in [2.75, 3.05) is 59.3 Å². The first-order valence-electron chi connectivity index (χ1n) is 7.64. The van der Waals surface area contributed by atoms with Gasteiger partial charge in [-0.2, -0.15) is 0 Å². The summed E-state index contributed by atoms with van der Waals surface area (Å²) in [7, 11) is 0. The fourth-order valence-corrected chi connectivity index (χ4v) is 2.42. The van der Waals surface area contributed by atoms with E-state index in [1.165, 1.54) is 0 Å². The van der Waals surface area contributed by atoms with Crippen molar-refractivity contribution in [3.63, 3.8) is 0 Å². The molecule has 6 nitrogen and oxygen atoms in total. The third kappa shape index (κ3) is 5.64. The van der Waals surface area contributed by atoms with Gasteiger partial charge in [-0.1, -0.05) is 0 Å². The van der Waals surface area contributed by atoms with Crippen LogP contribution in [0, 0.1) is 5.92 Å². The quantitative estimate of drug-likeness (QED) is 0.436. The first-order chi connectivity index (χ1) is 9.86. The van der Waals surface area contributed by atoms with Crippen molar-refractivity contribution in [1.82, 2.24) is 4.90 Å². The average Bonchev–Trinajstić information content (AvgIpc) is 2.52. The van der Waals surface area contributed by atoms with E-state index in [-0.39, 0.29) is 0 Å². The molecule has 0 aromatic rings. The monoisotopic (exact) mass is 285 g/mol. The van der Waals surface area contributed by atoms with Crippen molar-refractivity contribution < 1.29 is 14.2 Å². The van der Waals surface area contributed by atoms with Crippen LogP contribution in [-0.2, 0) is 14.2 Å². The Hall–Kier alpha value is -0.850. The lowest BCUT2D eigenvalue weighted by Gasteiger charge is -2.27. The van der Waals surface area contributed by atoms with Crippen molar-refractivity contribution in [1.29, 1.82) is 0 Å². The van der Waals surface area contributed by atoms with E-state index >= 15 is 0 Å². The van der Waals surface area contributed by atoms with E-state index in [0.29, 0.717) is 11.9 Å². The van der Waals surface area contributed by atoms with E-state index in [1.54, 1.807) is 0 Å². The fourth-order valence-electron chi connectivity index (χ4n) is 2.42. The third-order valence-corrected chi connectivity index (χ3v) is 3.75. The highest BCUT2D eigenvalue weighted by molar-refractivity contribution is 5.78. The van der Waals surface area contributed by atoms with Gasteiger partial charge in [0.2, 0.25) is 0 Å². The summed E-state index contributed by atoms with van der Waals surface area (Å²) in [5.41, 5.74) is 5.95. The van der Waals surface area contributed by atoms with Gasteiger partial charge in [-0.3, -0.25) is 4.99 Å². The van der Waals surface area contributed by atoms with Crippen LogP contribution in [0.2, 0.25) is 0 Å². The van der Waals surface area contributed by atoms with Crippen molar-refractivity contribution >= 4 is 5.96 Å². The van der Waals surface area contributed by atoms with Crippen LogP contribution in [0.3, 0.4) is 0 Å². The molecule has 0 unspecified atom stereocenters. The molecule has 0 aromatic carbocycles. The number of nitrogens with two attached hydrogens (primary N) is 1. The zero-order valence-electron chi connectivity index (χ0n) is 12.3. The molecule has 6 heteroatoms. The molecule has 116 valence electrons. The highest BCUT2D eigenvalue weighted by atomic mass is 16.5. The van der Waals surface area contributed by atoms with Crippen LogP contribution in [-0.4, -0.2) is 70.1 Å². The molecule has 20 heavy (non-hydrogen) atoms. The van der Waals surface area contributed by atoms with Gasteiger partial charge in [-0.15, -0.1) is 0 Å². The molecule has 2 aliphatic rings. The van der Waals surface area contributed by atoms with Crippen molar-refractivity contribution in [2.24, 2.45) is 16.6 Å². The lowest BCUT2D eigenvalue weighted by atomic mass is 10.0. The number of guanidine groups is 1. The first-order valence-corrected chi connectivity index (χ1v) is 7.64. The normalized spacial score (nSPS) is 22.2. The molecule has 0 aromatic heterocycles. The molecular formula is C14H27N3O3. The van der Waals surface area contributed by atoms with Crippen molar-refractivity contribution in [3.05, 3.63) is 0 Å². The fraction of sp³-hybridized carbons (Fsp3) is 0.929. The maximum Gasteiger partial charge on any atom is 0.191 e. The number of hydrogen-bond acceptors (Lipinski definition) is 4. The topological polar surface area (TPSA) is 69.3 Å². The molecule has 2 N–H and O–H groups in total. The minimum absolute atomic E-state index is 0.637. The number of ether oxygens (including phenoxy) is 3.